The molecular formula is C19H34IN3O3. The molecule has 1 unspecified atom stereocenters. The Morgan fingerprint density at radius 1 is 1.27 bits per heavy atom. The number of guanidine groups is 1. The van der Waals surface area contributed by atoms with Gasteiger partial charge in [0.05, 0.1) is 13.2 Å². The molecule has 0 spiro atoms. The molecule has 0 saturated carbocycles. The van der Waals surface area contributed by atoms with Crippen LogP contribution < -0.4 is 15.4 Å². The van der Waals surface area contributed by atoms with Gasteiger partial charge < -0.3 is 25.2 Å². The van der Waals surface area contributed by atoms with Gasteiger partial charge in [-0.3, -0.25) is 0 Å². The van der Waals surface area contributed by atoms with E-state index in [0.717, 1.165) is 35.8 Å². The van der Waals surface area contributed by atoms with Crippen LogP contribution in [0.5, 0.6) is 5.75 Å². The van der Waals surface area contributed by atoms with E-state index in [1.165, 1.54) is 0 Å². The van der Waals surface area contributed by atoms with Crippen molar-refractivity contribution in [2.45, 2.75) is 33.7 Å². The summed E-state index contributed by atoms with van der Waals surface area (Å²) in [6.45, 7) is 9.54. The summed E-state index contributed by atoms with van der Waals surface area (Å²) in [7, 11) is 1.69. The molecule has 1 aromatic rings. The van der Waals surface area contributed by atoms with Gasteiger partial charge in [-0.1, -0.05) is 19.1 Å². The monoisotopic (exact) mass is 479 g/mol. The Hall–Kier alpha value is -1.06. The first kappa shape index (κ1) is 24.9. The van der Waals surface area contributed by atoms with E-state index in [-0.39, 0.29) is 36.5 Å². The van der Waals surface area contributed by atoms with E-state index in [2.05, 4.69) is 34.7 Å². The molecule has 0 aliphatic rings. The Balaban J connectivity index is 0.00000625. The third-order valence-corrected chi connectivity index (χ3v) is 3.65. The predicted molar refractivity (Wildman–Crippen MR) is 118 cm³/mol. The van der Waals surface area contributed by atoms with Crippen LogP contribution in [0.2, 0.25) is 0 Å². The van der Waals surface area contributed by atoms with Crippen molar-refractivity contribution in [3.8, 4) is 5.75 Å². The van der Waals surface area contributed by atoms with Crippen LogP contribution in [0.1, 0.15) is 31.4 Å². The standard InChI is InChI=1S/C19H33N3O3.HI/c1-5-20-19(21-12-16(3)14-23)22-13-17-8-7-15(2)11-18(17)25-10-6-9-24-4;/h7-8,11,16,23H,5-6,9-10,12-14H2,1-4H3,(H2,20,21,22);1H. The second-order valence-electron chi connectivity index (χ2n) is 6.17. The van der Waals surface area contributed by atoms with Gasteiger partial charge in [0.2, 0.25) is 0 Å². The molecule has 0 amide bonds. The number of nitrogens with zero attached hydrogens (tertiary/aromatic N) is 1. The number of rotatable bonds is 11. The molecule has 26 heavy (non-hydrogen) atoms. The molecule has 0 aliphatic carbocycles. The lowest BCUT2D eigenvalue weighted by molar-refractivity contribution is 0.172. The number of methoxy groups -OCH3 is 1. The predicted octanol–water partition coefficient (Wildman–Crippen LogP) is 2.71. The molecule has 0 saturated heterocycles. The first-order chi connectivity index (χ1) is 12.1. The third kappa shape index (κ3) is 10.2. The van der Waals surface area contributed by atoms with E-state index < -0.39 is 0 Å². The molecule has 0 fully saturated rings. The number of aliphatic imine (C=N–C) groups is 1. The molecule has 0 bridgehead atoms. The van der Waals surface area contributed by atoms with Crippen molar-refractivity contribution in [1.82, 2.24) is 10.6 Å². The molecule has 0 aliphatic heterocycles. The van der Waals surface area contributed by atoms with Crippen LogP contribution in [0, 0.1) is 12.8 Å². The molecule has 0 heterocycles. The fraction of sp³-hybridized carbons (Fsp3) is 0.632. The molecule has 1 rings (SSSR count). The highest BCUT2D eigenvalue weighted by Crippen LogP contribution is 2.21. The van der Waals surface area contributed by atoms with Gasteiger partial charge in [0.15, 0.2) is 5.96 Å². The van der Waals surface area contributed by atoms with E-state index in [4.69, 9.17) is 14.6 Å². The minimum Gasteiger partial charge on any atom is -0.493 e. The van der Waals surface area contributed by atoms with Gasteiger partial charge >= 0.3 is 0 Å². The summed E-state index contributed by atoms with van der Waals surface area (Å²) >= 11 is 0. The summed E-state index contributed by atoms with van der Waals surface area (Å²) in [6.07, 6.45) is 0.858. The summed E-state index contributed by atoms with van der Waals surface area (Å²) in [6, 6.07) is 6.18. The van der Waals surface area contributed by atoms with E-state index in [9.17, 15) is 0 Å². The van der Waals surface area contributed by atoms with E-state index in [1.807, 2.05) is 19.9 Å². The number of hydrogen-bond acceptors (Lipinski definition) is 4. The number of ether oxygens (including phenoxy) is 2. The molecule has 0 radical (unpaired) electrons. The normalized spacial score (nSPS) is 12.3. The fourth-order valence-corrected chi connectivity index (χ4v) is 2.15. The van der Waals surface area contributed by atoms with Gasteiger partial charge in [-0.15, -0.1) is 24.0 Å². The first-order valence-electron chi connectivity index (χ1n) is 8.95. The topological polar surface area (TPSA) is 75.1 Å². The number of hydrogen-bond donors (Lipinski definition) is 3. The third-order valence-electron chi connectivity index (χ3n) is 3.65. The molecule has 6 nitrogen and oxygen atoms in total. The zero-order chi connectivity index (χ0) is 18.5. The molecule has 1 aromatic carbocycles. The molecule has 150 valence electrons. The largest absolute Gasteiger partial charge is 0.493 e. The second kappa shape index (κ2) is 15.0. The van der Waals surface area contributed by atoms with Crippen LogP contribution in [0.25, 0.3) is 0 Å². The SMILES string of the molecule is CCNC(=NCc1ccc(C)cc1OCCCOC)NCC(C)CO.I. The number of benzene rings is 1. The van der Waals surface area contributed by atoms with Gasteiger partial charge in [-0.25, -0.2) is 4.99 Å². The molecule has 7 heteroatoms. The highest BCUT2D eigenvalue weighted by atomic mass is 127. The van der Waals surface area contributed by atoms with Crippen molar-refractivity contribution in [3.05, 3.63) is 29.3 Å². The number of halogens is 1. The van der Waals surface area contributed by atoms with E-state index >= 15 is 0 Å². The number of nitrogens with one attached hydrogen (secondary N) is 2. The smallest absolute Gasteiger partial charge is 0.191 e. The number of aryl methyl sites for hydroxylation is 1. The van der Waals surface area contributed by atoms with Crippen molar-refractivity contribution in [3.63, 3.8) is 0 Å². The van der Waals surface area contributed by atoms with E-state index in [1.54, 1.807) is 7.11 Å². The van der Waals surface area contributed by atoms with Gasteiger partial charge in [0.25, 0.3) is 0 Å². The average Bonchev–Trinajstić information content (AvgIpc) is 2.61. The zero-order valence-electron chi connectivity index (χ0n) is 16.4. The summed E-state index contributed by atoms with van der Waals surface area (Å²) in [4.78, 5) is 4.63. The molecule has 1 atom stereocenters. The Bertz CT molecular complexity index is 527. The highest BCUT2D eigenvalue weighted by Gasteiger charge is 2.06. The first-order valence-corrected chi connectivity index (χ1v) is 8.95. The maximum Gasteiger partial charge on any atom is 0.191 e. The number of aliphatic hydroxyl groups is 1. The van der Waals surface area contributed by atoms with Gasteiger partial charge in [-0.05, 0) is 31.4 Å². The van der Waals surface area contributed by atoms with Crippen LogP contribution in [0.15, 0.2) is 23.2 Å². The van der Waals surface area contributed by atoms with Crippen LogP contribution in [-0.2, 0) is 11.3 Å². The van der Waals surface area contributed by atoms with Crippen molar-refractivity contribution in [2.75, 3.05) is 40.0 Å². The van der Waals surface area contributed by atoms with Crippen molar-refractivity contribution < 1.29 is 14.6 Å². The van der Waals surface area contributed by atoms with Crippen LogP contribution >= 0.6 is 24.0 Å². The summed E-state index contributed by atoms with van der Waals surface area (Å²) in [5, 5.41) is 15.6. The van der Waals surface area contributed by atoms with Crippen molar-refractivity contribution in [2.24, 2.45) is 10.9 Å². The minimum atomic E-state index is 0. The lowest BCUT2D eigenvalue weighted by Crippen LogP contribution is -2.39. The molecule has 3 N–H and O–H groups in total. The maximum absolute atomic E-state index is 9.14. The Morgan fingerprint density at radius 2 is 2.04 bits per heavy atom. The van der Waals surface area contributed by atoms with Gasteiger partial charge in [0.1, 0.15) is 5.75 Å². The van der Waals surface area contributed by atoms with Crippen LogP contribution in [-0.4, -0.2) is 51.1 Å². The highest BCUT2D eigenvalue weighted by molar-refractivity contribution is 14.0. The van der Waals surface area contributed by atoms with Crippen LogP contribution in [0.4, 0.5) is 0 Å². The second-order valence-corrected chi connectivity index (χ2v) is 6.17. The molecule has 0 aromatic heterocycles. The van der Waals surface area contributed by atoms with Gasteiger partial charge in [0, 0.05) is 45.4 Å². The zero-order valence-corrected chi connectivity index (χ0v) is 18.7. The lowest BCUT2D eigenvalue weighted by atomic mass is 10.1. The van der Waals surface area contributed by atoms with Crippen LogP contribution in [0.3, 0.4) is 0 Å². The lowest BCUT2D eigenvalue weighted by Gasteiger charge is -2.15. The quantitative estimate of drug-likeness (QED) is 0.197. The Kier molecular flexibility index (Phi) is 14.4. The Labute approximate surface area is 174 Å². The molecular weight excluding hydrogens is 445 g/mol. The van der Waals surface area contributed by atoms with Crippen molar-refractivity contribution in [1.29, 1.82) is 0 Å². The maximum atomic E-state index is 9.14. The fourth-order valence-electron chi connectivity index (χ4n) is 2.15. The number of aliphatic hydroxyl groups excluding tert-OH is 1. The Morgan fingerprint density at radius 3 is 2.69 bits per heavy atom. The minimum absolute atomic E-state index is 0. The van der Waals surface area contributed by atoms with E-state index in [0.29, 0.717) is 26.3 Å². The van der Waals surface area contributed by atoms with Crippen molar-refractivity contribution >= 4 is 29.9 Å². The summed E-state index contributed by atoms with van der Waals surface area (Å²) < 4.78 is 11.0. The average molecular weight is 479 g/mol. The summed E-state index contributed by atoms with van der Waals surface area (Å²) in [5.41, 5.74) is 2.21. The van der Waals surface area contributed by atoms with Gasteiger partial charge in [-0.2, -0.15) is 0 Å². The summed E-state index contributed by atoms with van der Waals surface area (Å²) in [5.74, 6) is 1.80.